The van der Waals surface area contributed by atoms with Gasteiger partial charge in [-0.05, 0) is 42.2 Å². The zero-order chi connectivity index (χ0) is 14.1. The van der Waals surface area contributed by atoms with E-state index < -0.39 is 6.03 Å². The highest BCUT2D eigenvalue weighted by Crippen LogP contribution is 2.52. The summed E-state index contributed by atoms with van der Waals surface area (Å²) in [4.78, 5) is 12.6. The number of thiophene rings is 1. The Hall–Kier alpha value is -1.59. The van der Waals surface area contributed by atoms with Gasteiger partial charge in [0.1, 0.15) is 0 Å². The van der Waals surface area contributed by atoms with Crippen molar-refractivity contribution in [3.8, 4) is 0 Å². The van der Waals surface area contributed by atoms with Crippen molar-refractivity contribution in [1.82, 2.24) is 10.4 Å². The van der Waals surface area contributed by atoms with E-state index in [2.05, 4.69) is 35.6 Å². The Morgan fingerprint density at radius 1 is 1.50 bits per heavy atom. The molecule has 2 atom stereocenters. The van der Waals surface area contributed by atoms with Crippen LogP contribution in [0.15, 0.2) is 30.3 Å². The SMILES string of the molecule is CNC(=O)N(O)CCC1CC1c1cc2ccccc2s1. The van der Waals surface area contributed by atoms with E-state index >= 15 is 0 Å². The van der Waals surface area contributed by atoms with Crippen molar-refractivity contribution in [3.05, 3.63) is 35.2 Å². The molecule has 1 saturated carbocycles. The standard InChI is InChI=1S/C15H18N2O2S/c1-16-15(18)17(19)7-6-10-8-12(10)14-9-11-4-2-3-5-13(11)20-14/h2-5,9-10,12,19H,6-8H2,1H3,(H,16,18). The summed E-state index contributed by atoms with van der Waals surface area (Å²) >= 11 is 1.86. The molecule has 1 heterocycles. The summed E-state index contributed by atoms with van der Waals surface area (Å²) < 4.78 is 1.34. The molecule has 0 bridgehead atoms. The molecule has 3 rings (SSSR count). The maximum atomic E-state index is 11.2. The first-order valence-corrected chi connectivity index (χ1v) is 7.67. The number of amides is 2. The van der Waals surface area contributed by atoms with E-state index in [9.17, 15) is 10.0 Å². The topological polar surface area (TPSA) is 52.6 Å². The van der Waals surface area contributed by atoms with Crippen LogP contribution in [0, 0.1) is 5.92 Å². The predicted octanol–water partition coefficient (Wildman–Crippen LogP) is 3.43. The zero-order valence-corrected chi connectivity index (χ0v) is 12.2. The smallest absolute Gasteiger partial charge is 0.339 e. The van der Waals surface area contributed by atoms with Gasteiger partial charge in [-0.1, -0.05) is 18.2 Å². The second-order valence-corrected chi connectivity index (χ2v) is 6.37. The van der Waals surface area contributed by atoms with Gasteiger partial charge in [0.25, 0.3) is 0 Å². The van der Waals surface area contributed by atoms with Crippen LogP contribution in [0.1, 0.15) is 23.6 Å². The molecule has 0 radical (unpaired) electrons. The van der Waals surface area contributed by atoms with Gasteiger partial charge in [-0.3, -0.25) is 5.21 Å². The number of hydrogen-bond acceptors (Lipinski definition) is 3. The number of urea groups is 1. The quantitative estimate of drug-likeness (QED) is 0.669. The van der Waals surface area contributed by atoms with Gasteiger partial charge in [0.2, 0.25) is 0 Å². The summed E-state index contributed by atoms with van der Waals surface area (Å²) in [6, 6.07) is 10.3. The average molecular weight is 290 g/mol. The number of benzene rings is 1. The lowest BCUT2D eigenvalue weighted by Crippen LogP contribution is -2.36. The number of nitrogens with one attached hydrogen (secondary N) is 1. The van der Waals surface area contributed by atoms with Gasteiger partial charge in [0.15, 0.2) is 0 Å². The number of hydrogen-bond donors (Lipinski definition) is 2. The minimum atomic E-state index is -0.441. The molecule has 0 aliphatic heterocycles. The van der Waals surface area contributed by atoms with Crippen LogP contribution in [0.5, 0.6) is 0 Å². The van der Waals surface area contributed by atoms with E-state index in [4.69, 9.17) is 0 Å². The molecule has 106 valence electrons. The Kier molecular flexibility index (Phi) is 3.63. The van der Waals surface area contributed by atoms with E-state index in [1.165, 1.54) is 22.0 Å². The minimum absolute atomic E-state index is 0.395. The summed E-state index contributed by atoms with van der Waals surface area (Å²) in [6.07, 6.45) is 2.01. The highest BCUT2D eigenvalue weighted by atomic mass is 32.1. The van der Waals surface area contributed by atoms with Crippen LogP contribution in [-0.4, -0.2) is 29.9 Å². The Morgan fingerprint density at radius 2 is 2.30 bits per heavy atom. The molecule has 20 heavy (non-hydrogen) atoms. The lowest BCUT2D eigenvalue weighted by Gasteiger charge is -2.13. The Labute approximate surface area is 122 Å². The third kappa shape index (κ3) is 2.64. The maximum absolute atomic E-state index is 11.2. The molecule has 2 unspecified atom stereocenters. The summed E-state index contributed by atoms with van der Waals surface area (Å²) in [5, 5.41) is 14.0. The van der Waals surface area contributed by atoms with Crippen molar-refractivity contribution >= 4 is 27.5 Å². The molecule has 0 saturated heterocycles. The Morgan fingerprint density at radius 3 is 3.05 bits per heavy atom. The largest absolute Gasteiger partial charge is 0.340 e. The van der Waals surface area contributed by atoms with Crippen molar-refractivity contribution < 1.29 is 10.0 Å². The van der Waals surface area contributed by atoms with E-state index in [0.29, 0.717) is 18.4 Å². The van der Waals surface area contributed by atoms with Crippen molar-refractivity contribution in [3.63, 3.8) is 0 Å². The molecule has 1 aromatic heterocycles. The van der Waals surface area contributed by atoms with Gasteiger partial charge >= 0.3 is 6.03 Å². The van der Waals surface area contributed by atoms with Gasteiger partial charge in [-0.25, -0.2) is 9.86 Å². The van der Waals surface area contributed by atoms with Gasteiger partial charge in [-0.15, -0.1) is 11.3 Å². The minimum Gasteiger partial charge on any atom is -0.339 e. The number of hydroxylamine groups is 2. The predicted molar refractivity (Wildman–Crippen MR) is 80.2 cm³/mol. The van der Waals surface area contributed by atoms with E-state index in [1.807, 2.05) is 11.3 Å². The third-order valence-electron chi connectivity index (χ3n) is 3.89. The number of rotatable bonds is 4. The fraction of sp³-hybridized carbons (Fsp3) is 0.400. The fourth-order valence-corrected chi connectivity index (χ4v) is 3.89. The first-order valence-electron chi connectivity index (χ1n) is 6.85. The lowest BCUT2D eigenvalue weighted by atomic mass is 10.2. The normalized spacial score (nSPS) is 20.9. The van der Waals surface area contributed by atoms with E-state index in [-0.39, 0.29) is 0 Å². The summed E-state index contributed by atoms with van der Waals surface area (Å²) in [5.74, 6) is 1.19. The molecule has 1 aliphatic rings. The molecule has 0 spiro atoms. The Balaban J connectivity index is 1.57. The van der Waals surface area contributed by atoms with Gasteiger partial charge < -0.3 is 5.32 Å². The molecular weight excluding hydrogens is 272 g/mol. The molecule has 2 N–H and O–H groups in total. The van der Waals surface area contributed by atoms with Crippen LogP contribution in [0.4, 0.5) is 4.79 Å². The van der Waals surface area contributed by atoms with Crippen molar-refractivity contribution in [2.45, 2.75) is 18.8 Å². The highest BCUT2D eigenvalue weighted by molar-refractivity contribution is 7.19. The molecule has 2 aromatic rings. The molecule has 1 aliphatic carbocycles. The van der Waals surface area contributed by atoms with E-state index in [1.54, 1.807) is 0 Å². The summed E-state index contributed by atoms with van der Waals surface area (Å²) in [6.45, 7) is 0.395. The van der Waals surface area contributed by atoms with Gasteiger partial charge in [-0.2, -0.15) is 0 Å². The summed E-state index contributed by atoms with van der Waals surface area (Å²) in [5.41, 5.74) is 0. The summed E-state index contributed by atoms with van der Waals surface area (Å²) in [7, 11) is 1.52. The zero-order valence-electron chi connectivity index (χ0n) is 11.4. The number of carbonyl (C=O) groups is 1. The fourth-order valence-electron chi connectivity index (χ4n) is 2.62. The van der Waals surface area contributed by atoms with Crippen LogP contribution >= 0.6 is 11.3 Å². The van der Waals surface area contributed by atoms with E-state index in [0.717, 1.165) is 17.9 Å². The van der Waals surface area contributed by atoms with Crippen LogP contribution in [0.3, 0.4) is 0 Å². The van der Waals surface area contributed by atoms with Crippen molar-refractivity contribution in [2.24, 2.45) is 5.92 Å². The van der Waals surface area contributed by atoms with Crippen LogP contribution < -0.4 is 5.32 Å². The molecular formula is C15H18N2O2S. The molecule has 2 amide bonds. The molecule has 1 fully saturated rings. The maximum Gasteiger partial charge on any atom is 0.340 e. The third-order valence-corrected chi connectivity index (χ3v) is 5.14. The van der Waals surface area contributed by atoms with Crippen LogP contribution in [0.2, 0.25) is 0 Å². The second kappa shape index (κ2) is 5.42. The molecule has 5 heteroatoms. The van der Waals surface area contributed by atoms with Crippen molar-refractivity contribution in [2.75, 3.05) is 13.6 Å². The molecule has 4 nitrogen and oxygen atoms in total. The van der Waals surface area contributed by atoms with Gasteiger partial charge in [0.05, 0.1) is 6.54 Å². The van der Waals surface area contributed by atoms with Crippen LogP contribution in [0.25, 0.3) is 10.1 Å². The number of fused-ring (bicyclic) bond motifs is 1. The Bertz CT molecular complexity index is 592. The highest BCUT2D eigenvalue weighted by Gasteiger charge is 2.39. The molecule has 1 aromatic carbocycles. The first-order chi connectivity index (χ1) is 9.69. The second-order valence-electron chi connectivity index (χ2n) is 5.26. The first kappa shape index (κ1) is 13.4. The number of carbonyl (C=O) groups excluding carboxylic acids is 1. The van der Waals surface area contributed by atoms with Crippen LogP contribution in [-0.2, 0) is 0 Å². The number of nitrogens with zero attached hydrogens (tertiary/aromatic N) is 1. The monoisotopic (exact) mass is 290 g/mol. The van der Waals surface area contributed by atoms with Crippen molar-refractivity contribution in [1.29, 1.82) is 0 Å². The lowest BCUT2D eigenvalue weighted by molar-refractivity contribution is -0.0440. The average Bonchev–Trinajstić information content (AvgIpc) is 3.12. The van der Waals surface area contributed by atoms with Gasteiger partial charge in [0, 0.05) is 16.6 Å².